The molecule has 2 aromatic carbocycles. The molecule has 86 valence electrons. The first-order valence-electron chi connectivity index (χ1n) is 5.52. The van der Waals surface area contributed by atoms with E-state index in [0.29, 0.717) is 6.42 Å². The van der Waals surface area contributed by atoms with Gasteiger partial charge in [0.15, 0.2) is 6.61 Å². The lowest BCUT2D eigenvalue weighted by molar-refractivity contribution is -0.525. The SMILES string of the molecule is O=[N+]([O-])C1COc2ccc3ccccc3c2C1. The summed E-state index contributed by atoms with van der Waals surface area (Å²) in [5.74, 6) is 0.779. The molecule has 0 bridgehead atoms. The molecule has 0 radical (unpaired) electrons. The first kappa shape index (κ1) is 10.1. The largest absolute Gasteiger partial charge is 0.486 e. The van der Waals surface area contributed by atoms with E-state index in [1.807, 2.05) is 36.4 Å². The second-order valence-corrected chi connectivity index (χ2v) is 4.22. The molecule has 0 N–H and O–H groups in total. The highest BCUT2D eigenvalue weighted by Crippen LogP contribution is 2.32. The van der Waals surface area contributed by atoms with Crippen LogP contribution in [0.2, 0.25) is 0 Å². The number of hydrogen-bond acceptors (Lipinski definition) is 3. The minimum absolute atomic E-state index is 0.165. The van der Waals surface area contributed by atoms with Gasteiger partial charge in [0.2, 0.25) is 0 Å². The zero-order valence-corrected chi connectivity index (χ0v) is 9.13. The van der Waals surface area contributed by atoms with E-state index in [-0.39, 0.29) is 11.5 Å². The maximum absolute atomic E-state index is 10.8. The molecule has 3 rings (SSSR count). The van der Waals surface area contributed by atoms with Crippen LogP contribution < -0.4 is 4.74 Å². The van der Waals surface area contributed by atoms with Crippen LogP contribution in [0.3, 0.4) is 0 Å². The molecule has 1 atom stereocenters. The Bertz CT molecular complexity index is 594. The van der Waals surface area contributed by atoms with Gasteiger partial charge < -0.3 is 4.74 Å². The summed E-state index contributed by atoms with van der Waals surface area (Å²) < 4.78 is 5.46. The average molecular weight is 229 g/mol. The zero-order valence-electron chi connectivity index (χ0n) is 9.13. The van der Waals surface area contributed by atoms with E-state index < -0.39 is 6.04 Å². The topological polar surface area (TPSA) is 52.4 Å². The Labute approximate surface area is 98.0 Å². The van der Waals surface area contributed by atoms with Crippen LogP contribution in [0.15, 0.2) is 36.4 Å². The molecule has 1 aliphatic rings. The Morgan fingerprint density at radius 2 is 2.06 bits per heavy atom. The van der Waals surface area contributed by atoms with Crippen molar-refractivity contribution in [2.75, 3.05) is 6.61 Å². The molecule has 1 unspecified atom stereocenters. The van der Waals surface area contributed by atoms with Crippen LogP contribution in [0, 0.1) is 10.1 Å². The summed E-state index contributed by atoms with van der Waals surface area (Å²) in [6.45, 7) is 0.165. The van der Waals surface area contributed by atoms with Gasteiger partial charge in [-0.2, -0.15) is 0 Å². The molecule has 2 aromatic rings. The minimum Gasteiger partial charge on any atom is -0.486 e. The third kappa shape index (κ3) is 1.62. The average Bonchev–Trinajstić information content (AvgIpc) is 2.38. The number of nitro groups is 1. The van der Waals surface area contributed by atoms with E-state index >= 15 is 0 Å². The van der Waals surface area contributed by atoms with E-state index in [1.165, 1.54) is 0 Å². The van der Waals surface area contributed by atoms with E-state index in [9.17, 15) is 10.1 Å². The molecule has 0 aliphatic carbocycles. The monoisotopic (exact) mass is 229 g/mol. The third-order valence-electron chi connectivity index (χ3n) is 3.17. The lowest BCUT2D eigenvalue weighted by Gasteiger charge is -2.21. The van der Waals surface area contributed by atoms with Crippen LogP contribution in [-0.4, -0.2) is 17.6 Å². The predicted molar refractivity (Wildman–Crippen MR) is 63.9 cm³/mol. The summed E-state index contributed by atoms with van der Waals surface area (Å²) in [4.78, 5) is 10.6. The van der Waals surface area contributed by atoms with E-state index in [0.717, 1.165) is 22.1 Å². The Kier molecular flexibility index (Phi) is 2.21. The fourth-order valence-corrected chi connectivity index (χ4v) is 2.28. The highest BCUT2D eigenvalue weighted by Gasteiger charge is 2.29. The lowest BCUT2D eigenvalue weighted by atomic mass is 9.96. The number of benzene rings is 2. The van der Waals surface area contributed by atoms with Crippen molar-refractivity contribution in [2.24, 2.45) is 0 Å². The summed E-state index contributed by atoms with van der Waals surface area (Å²) in [6, 6.07) is 11.1. The number of rotatable bonds is 1. The molecule has 1 aliphatic heterocycles. The molecule has 0 fully saturated rings. The van der Waals surface area contributed by atoms with Crippen molar-refractivity contribution in [3.63, 3.8) is 0 Å². The van der Waals surface area contributed by atoms with Crippen LogP contribution in [0.5, 0.6) is 5.75 Å². The van der Waals surface area contributed by atoms with E-state index in [1.54, 1.807) is 0 Å². The van der Waals surface area contributed by atoms with Crippen LogP contribution in [0.1, 0.15) is 5.56 Å². The molecule has 0 aromatic heterocycles. The molecule has 17 heavy (non-hydrogen) atoms. The van der Waals surface area contributed by atoms with Gasteiger partial charge in [0.05, 0.1) is 0 Å². The van der Waals surface area contributed by atoms with E-state index in [4.69, 9.17) is 4.74 Å². The van der Waals surface area contributed by atoms with Crippen molar-refractivity contribution in [2.45, 2.75) is 12.5 Å². The third-order valence-corrected chi connectivity index (χ3v) is 3.17. The number of ether oxygens (including phenoxy) is 1. The van der Waals surface area contributed by atoms with Gasteiger partial charge in [0.25, 0.3) is 6.04 Å². The molecule has 1 heterocycles. The van der Waals surface area contributed by atoms with Gasteiger partial charge in [-0.25, -0.2) is 0 Å². The van der Waals surface area contributed by atoms with Gasteiger partial charge in [0.1, 0.15) is 5.75 Å². The van der Waals surface area contributed by atoms with Crippen molar-refractivity contribution in [1.82, 2.24) is 0 Å². The molecular formula is C13H11NO3. The number of hydrogen-bond donors (Lipinski definition) is 0. The Morgan fingerprint density at radius 3 is 2.88 bits per heavy atom. The molecule has 0 saturated carbocycles. The number of nitrogens with zero attached hydrogens (tertiary/aromatic N) is 1. The smallest absolute Gasteiger partial charge is 0.250 e. The molecule has 0 amide bonds. The molecular weight excluding hydrogens is 218 g/mol. The fraction of sp³-hybridized carbons (Fsp3) is 0.231. The van der Waals surface area contributed by atoms with Gasteiger partial charge in [0, 0.05) is 16.9 Å². The highest BCUT2D eigenvalue weighted by atomic mass is 16.6. The summed E-state index contributed by atoms with van der Waals surface area (Å²) in [7, 11) is 0. The van der Waals surface area contributed by atoms with Gasteiger partial charge in [-0.1, -0.05) is 30.3 Å². The molecule has 0 spiro atoms. The number of fused-ring (bicyclic) bond motifs is 3. The van der Waals surface area contributed by atoms with Crippen molar-refractivity contribution >= 4 is 10.8 Å². The maximum atomic E-state index is 10.8. The summed E-state index contributed by atoms with van der Waals surface area (Å²) in [5.41, 5.74) is 0.955. The first-order valence-corrected chi connectivity index (χ1v) is 5.52. The Balaban J connectivity index is 2.15. The molecule has 0 saturated heterocycles. The fourth-order valence-electron chi connectivity index (χ4n) is 2.28. The van der Waals surface area contributed by atoms with Gasteiger partial charge in [-0.15, -0.1) is 0 Å². The first-order chi connectivity index (χ1) is 8.25. The molecule has 4 nitrogen and oxygen atoms in total. The Hall–Kier alpha value is -2.10. The van der Waals surface area contributed by atoms with Crippen LogP contribution in [0.4, 0.5) is 0 Å². The second-order valence-electron chi connectivity index (χ2n) is 4.22. The van der Waals surface area contributed by atoms with Crippen molar-refractivity contribution < 1.29 is 9.66 Å². The van der Waals surface area contributed by atoms with Crippen molar-refractivity contribution in [3.05, 3.63) is 52.1 Å². The van der Waals surface area contributed by atoms with Gasteiger partial charge >= 0.3 is 0 Å². The second kappa shape index (κ2) is 3.73. The standard InChI is InChI=1S/C13H11NO3/c15-14(16)10-7-12-11-4-2-1-3-9(11)5-6-13(12)17-8-10/h1-6,10H,7-8H2. The van der Waals surface area contributed by atoms with Crippen LogP contribution >= 0.6 is 0 Å². The minimum atomic E-state index is -0.631. The van der Waals surface area contributed by atoms with Crippen LogP contribution in [-0.2, 0) is 6.42 Å². The zero-order chi connectivity index (χ0) is 11.8. The highest BCUT2D eigenvalue weighted by molar-refractivity contribution is 5.88. The quantitative estimate of drug-likeness (QED) is 0.557. The normalized spacial score (nSPS) is 18.5. The Morgan fingerprint density at radius 1 is 1.24 bits per heavy atom. The summed E-state index contributed by atoms with van der Waals surface area (Å²) >= 11 is 0. The maximum Gasteiger partial charge on any atom is 0.250 e. The van der Waals surface area contributed by atoms with Crippen LogP contribution in [0.25, 0.3) is 10.8 Å². The van der Waals surface area contributed by atoms with Gasteiger partial charge in [-0.3, -0.25) is 10.1 Å². The van der Waals surface area contributed by atoms with Crippen molar-refractivity contribution in [3.8, 4) is 5.75 Å². The van der Waals surface area contributed by atoms with Crippen molar-refractivity contribution in [1.29, 1.82) is 0 Å². The lowest BCUT2D eigenvalue weighted by Crippen LogP contribution is -2.33. The van der Waals surface area contributed by atoms with E-state index in [2.05, 4.69) is 0 Å². The molecule has 4 heteroatoms. The summed E-state index contributed by atoms with van der Waals surface area (Å²) in [5, 5.41) is 13.0. The predicted octanol–water partition coefficient (Wildman–Crippen LogP) is 2.42. The summed E-state index contributed by atoms with van der Waals surface area (Å²) in [6.07, 6.45) is 0.448. The van der Waals surface area contributed by atoms with Gasteiger partial charge in [-0.05, 0) is 16.8 Å².